The van der Waals surface area contributed by atoms with Gasteiger partial charge in [0.1, 0.15) is 0 Å². The van der Waals surface area contributed by atoms with Crippen molar-refractivity contribution in [2.75, 3.05) is 0 Å². The van der Waals surface area contributed by atoms with Crippen molar-refractivity contribution in [1.82, 2.24) is 0 Å². The average molecular weight is 539 g/mol. The molecule has 0 aromatic rings. The van der Waals surface area contributed by atoms with Crippen molar-refractivity contribution in [2.45, 2.75) is 108 Å². The minimum Gasteiger partial charge on any atom is -0.0856 e. The Kier molecular flexibility index (Phi) is 21.9. The standard InChI is InChI=1S/C40H58/c1-33(2)19-13-23-37(7)27-17-31-39(9)29-15-25-35(5)21-11-12-22-36(6)26-16-30-40(10)32-18-28-38(8)24-14-20-34(3)4/h11-12,15-17,19-22,25-31H,13-14,18,23-24,32H2,1-10H3/b12-11+,25-15-,26-16+,31-17-,35-21-,36-22+,37-27+,38-28-,39-29-,40-30+. The van der Waals surface area contributed by atoms with Crippen LogP contribution in [-0.2, 0) is 0 Å². The van der Waals surface area contributed by atoms with E-state index in [1.165, 1.54) is 51.0 Å². The molecule has 0 atom stereocenters. The molecule has 0 saturated carbocycles. The summed E-state index contributed by atoms with van der Waals surface area (Å²) in [5.74, 6) is 0. The largest absolute Gasteiger partial charge is 0.0856 e. The monoisotopic (exact) mass is 538 g/mol. The fourth-order valence-corrected chi connectivity index (χ4v) is 3.65. The zero-order valence-corrected chi connectivity index (χ0v) is 27.5. The lowest BCUT2D eigenvalue weighted by molar-refractivity contribution is 0.918. The molecule has 0 aliphatic carbocycles. The molecule has 0 heterocycles. The maximum atomic E-state index is 2.39. The van der Waals surface area contributed by atoms with Crippen molar-refractivity contribution in [2.24, 2.45) is 0 Å². The van der Waals surface area contributed by atoms with E-state index in [0.717, 1.165) is 32.1 Å². The smallest absolute Gasteiger partial charge is 0.0285 e. The van der Waals surface area contributed by atoms with E-state index in [0.29, 0.717) is 0 Å². The summed E-state index contributed by atoms with van der Waals surface area (Å²) in [6.45, 7) is 21.7. The van der Waals surface area contributed by atoms with Gasteiger partial charge in [-0.2, -0.15) is 0 Å². The van der Waals surface area contributed by atoms with Crippen LogP contribution in [0.4, 0.5) is 0 Å². The van der Waals surface area contributed by atoms with Crippen LogP contribution in [0.25, 0.3) is 0 Å². The van der Waals surface area contributed by atoms with Crippen LogP contribution >= 0.6 is 0 Å². The molecule has 0 aromatic heterocycles. The summed E-state index contributed by atoms with van der Waals surface area (Å²) in [6, 6.07) is 0. The van der Waals surface area contributed by atoms with Crippen molar-refractivity contribution < 1.29 is 0 Å². The lowest BCUT2D eigenvalue weighted by atomic mass is 10.1. The molecule has 0 bridgehead atoms. The van der Waals surface area contributed by atoms with Crippen LogP contribution < -0.4 is 0 Å². The Labute approximate surface area is 249 Å². The predicted molar refractivity (Wildman–Crippen MR) is 186 cm³/mol. The fraction of sp³-hybridized carbons (Fsp3) is 0.400. The number of allylic oxidation sites excluding steroid dienone is 24. The molecule has 0 aliphatic heterocycles. The van der Waals surface area contributed by atoms with E-state index in [1.54, 1.807) is 0 Å². The third kappa shape index (κ3) is 25.2. The number of hydrogen-bond donors (Lipinski definition) is 0. The van der Waals surface area contributed by atoms with Gasteiger partial charge in [0.25, 0.3) is 0 Å². The van der Waals surface area contributed by atoms with E-state index in [1.807, 2.05) is 0 Å². The van der Waals surface area contributed by atoms with Crippen LogP contribution in [0.3, 0.4) is 0 Å². The highest BCUT2D eigenvalue weighted by molar-refractivity contribution is 5.31. The molecule has 0 amide bonds. The molecule has 0 nitrogen and oxygen atoms in total. The molecule has 0 aromatic carbocycles. The van der Waals surface area contributed by atoms with Crippen molar-refractivity contribution in [3.8, 4) is 0 Å². The molecule has 0 heteroatoms. The summed E-state index contributed by atoms with van der Waals surface area (Å²) in [5.41, 5.74) is 10.8. The van der Waals surface area contributed by atoms with Gasteiger partial charge in [-0.05, 0) is 108 Å². The lowest BCUT2D eigenvalue weighted by Crippen LogP contribution is -1.80. The zero-order valence-electron chi connectivity index (χ0n) is 27.5. The van der Waals surface area contributed by atoms with Gasteiger partial charge in [0, 0.05) is 0 Å². The second-order valence-corrected chi connectivity index (χ2v) is 11.4. The maximum Gasteiger partial charge on any atom is -0.0285 e. The first-order chi connectivity index (χ1) is 19.0. The quantitative estimate of drug-likeness (QED) is 0.128. The minimum atomic E-state index is 1.11. The summed E-state index contributed by atoms with van der Waals surface area (Å²) in [5, 5.41) is 0. The van der Waals surface area contributed by atoms with Gasteiger partial charge in [0.15, 0.2) is 0 Å². The van der Waals surface area contributed by atoms with E-state index >= 15 is 0 Å². The molecule has 0 radical (unpaired) electrons. The van der Waals surface area contributed by atoms with Crippen molar-refractivity contribution in [3.05, 3.63) is 142 Å². The maximum absolute atomic E-state index is 2.39. The minimum absolute atomic E-state index is 1.11. The van der Waals surface area contributed by atoms with Crippen LogP contribution in [0.2, 0.25) is 0 Å². The molecule has 0 fully saturated rings. The van der Waals surface area contributed by atoms with Crippen LogP contribution in [0.1, 0.15) is 108 Å². The Balaban J connectivity index is 4.60. The van der Waals surface area contributed by atoms with Gasteiger partial charge in [0.05, 0.1) is 0 Å². The Morgan fingerprint density at radius 1 is 0.350 bits per heavy atom. The topological polar surface area (TPSA) is 0 Å². The molecular weight excluding hydrogens is 480 g/mol. The predicted octanol–water partition coefficient (Wildman–Crippen LogP) is 13.2. The van der Waals surface area contributed by atoms with Gasteiger partial charge in [-0.3, -0.25) is 0 Å². The Morgan fingerprint density at radius 2 is 0.675 bits per heavy atom. The molecule has 0 aliphatic rings. The van der Waals surface area contributed by atoms with E-state index < -0.39 is 0 Å². The summed E-state index contributed by atoms with van der Waals surface area (Å²) >= 11 is 0. The van der Waals surface area contributed by atoms with E-state index in [9.17, 15) is 0 Å². The highest BCUT2D eigenvalue weighted by Crippen LogP contribution is 2.12. The Hall–Kier alpha value is -3.12. The number of rotatable bonds is 17. The molecule has 0 unspecified atom stereocenters. The fourth-order valence-electron chi connectivity index (χ4n) is 3.65. The first-order valence-electron chi connectivity index (χ1n) is 15.0. The summed E-state index contributed by atoms with van der Waals surface area (Å²) in [7, 11) is 0. The molecule has 218 valence electrons. The molecule has 0 saturated heterocycles. The first-order valence-corrected chi connectivity index (χ1v) is 15.0. The highest BCUT2D eigenvalue weighted by atomic mass is 14.0. The zero-order chi connectivity index (χ0) is 30.2. The van der Waals surface area contributed by atoms with E-state index in [2.05, 4.69) is 166 Å². The second-order valence-electron chi connectivity index (χ2n) is 11.4. The first kappa shape index (κ1) is 36.9. The molecule has 0 spiro atoms. The normalized spacial score (nSPS) is 14.8. The van der Waals surface area contributed by atoms with E-state index in [4.69, 9.17) is 0 Å². The van der Waals surface area contributed by atoms with Crippen LogP contribution in [0.15, 0.2) is 142 Å². The molecular formula is C40H58. The highest BCUT2D eigenvalue weighted by Gasteiger charge is 1.91. The number of hydrogen-bond acceptors (Lipinski definition) is 0. The Bertz CT molecular complexity index is 1100. The van der Waals surface area contributed by atoms with Crippen LogP contribution in [0, 0.1) is 0 Å². The average Bonchev–Trinajstić information content (AvgIpc) is 2.86. The molecule has 40 heavy (non-hydrogen) atoms. The third-order valence-corrected chi connectivity index (χ3v) is 6.24. The van der Waals surface area contributed by atoms with Gasteiger partial charge >= 0.3 is 0 Å². The molecule has 0 N–H and O–H groups in total. The Morgan fingerprint density at radius 3 is 1.07 bits per heavy atom. The van der Waals surface area contributed by atoms with Crippen molar-refractivity contribution in [1.29, 1.82) is 0 Å². The van der Waals surface area contributed by atoms with Gasteiger partial charge in [-0.15, -0.1) is 0 Å². The summed E-state index contributed by atoms with van der Waals surface area (Å²) < 4.78 is 0. The second kappa shape index (κ2) is 23.7. The lowest BCUT2D eigenvalue weighted by Gasteiger charge is -2.00. The van der Waals surface area contributed by atoms with Gasteiger partial charge in [-0.1, -0.05) is 142 Å². The summed E-state index contributed by atoms with van der Waals surface area (Å²) in [6.07, 6.45) is 41.8. The third-order valence-electron chi connectivity index (χ3n) is 6.24. The molecule has 0 rings (SSSR count). The van der Waals surface area contributed by atoms with Gasteiger partial charge in [0.2, 0.25) is 0 Å². The SMILES string of the molecule is CC(C)=CCC/C(C)=C\CC/C(C)=C/C=C/C(C)=C/C=C/C=C(C)\C=C/C=C(C)\C=C/C=C(\C)CCC=C(C)C. The van der Waals surface area contributed by atoms with Crippen LogP contribution in [0.5, 0.6) is 0 Å². The van der Waals surface area contributed by atoms with Crippen LogP contribution in [-0.4, -0.2) is 0 Å². The summed E-state index contributed by atoms with van der Waals surface area (Å²) in [4.78, 5) is 0. The van der Waals surface area contributed by atoms with Gasteiger partial charge < -0.3 is 0 Å². The van der Waals surface area contributed by atoms with E-state index in [-0.39, 0.29) is 0 Å². The van der Waals surface area contributed by atoms with Gasteiger partial charge in [-0.25, -0.2) is 0 Å². The van der Waals surface area contributed by atoms with Crippen molar-refractivity contribution >= 4 is 0 Å². The van der Waals surface area contributed by atoms with Crippen molar-refractivity contribution in [3.63, 3.8) is 0 Å².